The van der Waals surface area contributed by atoms with Gasteiger partial charge in [0.15, 0.2) is 0 Å². The topological polar surface area (TPSA) is 41.1 Å². The second kappa shape index (κ2) is 4.84. The van der Waals surface area contributed by atoms with Crippen molar-refractivity contribution in [3.8, 4) is 0 Å². The van der Waals surface area contributed by atoms with Gasteiger partial charge in [-0.3, -0.25) is 4.79 Å². The fourth-order valence-electron chi connectivity index (χ4n) is 4.51. The van der Waals surface area contributed by atoms with E-state index in [1.807, 2.05) is 0 Å². The molecule has 6 atom stereocenters. The van der Waals surface area contributed by atoms with Crippen molar-refractivity contribution < 1.29 is 4.79 Å². The molecule has 1 heterocycles. The molecular formula is C15H26N2O. The third kappa shape index (κ3) is 2.18. The van der Waals surface area contributed by atoms with Crippen LogP contribution in [0.2, 0.25) is 0 Å². The van der Waals surface area contributed by atoms with Gasteiger partial charge in [-0.2, -0.15) is 0 Å². The number of hydrogen-bond donors (Lipinski definition) is 2. The predicted molar refractivity (Wildman–Crippen MR) is 72.1 cm³/mol. The molecular weight excluding hydrogens is 224 g/mol. The maximum Gasteiger partial charge on any atom is 0.224 e. The van der Waals surface area contributed by atoms with Crippen molar-refractivity contribution in [1.82, 2.24) is 10.6 Å². The monoisotopic (exact) mass is 250 g/mol. The van der Waals surface area contributed by atoms with Crippen LogP contribution in [0.1, 0.15) is 39.5 Å². The second-order valence-corrected chi connectivity index (χ2v) is 6.88. The Bertz CT molecular complexity index is 330. The van der Waals surface area contributed by atoms with Crippen molar-refractivity contribution in [2.45, 2.75) is 45.6 Å². The van der Waals surface area contributed by atoms with Crippen molar-refractivity contribution >= 4 is 5.91 Å². The van der Waals surface area contributed by atoms with E-state index in [0.29, 0.717) is 12.0 Å². The highest BCUT2D eigenvalue weighted by molar-refractivity contribution is 5.79. The van der Waals surface area contributed by atoms with Crippen LogP contribution >= 0.6 is 0 Å². The predicted octanol–water partition coefficient (Wildman–Crippen LogP) is 1.78. The van der Waals surface area contributed by atoms with Crippen molar-refractivity contribution in [2.24, 2.45) is 29.6 Å². The summed E-state index contributed by atoms with van der Waals surface area (Å²) in [5.74, 6) is 3.55. The molecule has 0 spiro atoms. The van der Waals surface area contributed by atoms with Crippen molar-refractivity contribution in [2.75, 3.05) is 13.1 Å². The maximum absolute atomic E-state index is 12.3. The molecule has 1 aliphatic heterocycles. The van der Waals surface area contributed by atoms with Crippen LogP contribution in [0.5, 0.6) is 0 Å². The second-order valence-electron chi connectivity index (χ2n) is 6.88. The van der Waals surface area contributed by atoms with Gasteiger partial charge in [0.25, 0.3) is 0 Å². The van der Waals surface area contributed by atoms with Crippen LogP contribution in [0.3, 0.4) is 0 Å². The van der Waals surface area contributed by atoms with Crippen LogP contribution in [0, 0.1) is 29.6 Å². The molecule has 3 fully saturated rings. The fourth-order valence-corrected chi connectivity index (χ4v) is 4.51. The third-order valence-electron chi connectivity index (χ3n) is 5.66. The zero-order valence-corrected chi connectivity index (χ0v) is 11.6. The van der Waals surface area contributed by atoms with E-state index in [4.69, 9.17) is 0 Å². The van der Waals surface area contributed by atoms with E-state index < -0.39 is 0 Å². The lowest BCUT2D eigenvalue weighted by atomic mass is 9.83. The van der Waals surface area contributed by atoms with Gasteiger partial charge in [0.05, 0.1) is 5.92 Å². The summed E-state index contributed by atoms with van der Waals surface area (Å²) in [5.41, 5.74) is 0. The number of carbonyl (C=O) groups is 1. The minimum atomic E-state index is 0.186. The van der Waals surface area contributed by atoms with Crippen LogP contribution in [0.4, 0.5) is 0 Å². The van der Waals surface area contributed by atoms with E-state index in [1.165, 1.54) is 25.7 Å². The summed E-state index contributed by atoms with van der Waals surface area (Å²) in [5, 5.41) is 6.61. The molecule has 18 heavy (non-hydrogen) atoms. The average Bonchev–Trinajstić information content (AvgIpc) is 3.03. The molecule has 0 aromatic rings. The Labute approximate surface area is 110 Å². The lowest BCUT2D eigenvalue weighted by Crippen LogP contribution is -2.44. The first-order chi connectivity index (χ1) is 8.65. The number of nitrogens with one attached hydrogen (secondary N) is 2. The molecule has 2 aliphatic carbocycles. The quantitative estimate of drug-likeness (QED) is 0.801. The summed E-state index contributed by atoms with van der Waals surface area (Å²) >= 11 is 0. The summed E-state index contributed by atoms with van der Waals surface area (Å²) in [4.78, 5) is 12.3. The summed E-state index contributed by atoms with van der Waals surface area (Å²) in [6.45, 7) is 6.24. The molecule has 6 unspecified atom stereocenters. The first-order valence-electron chi connectivity index (χ1n) is 7.66. The van der Waals surface area contributed by atoms with Gasteiger partial charge in [-0.05, 0) is 56.4 Å². The Morgan fingerprint density at radius 2 is 2.11 bits per heavy atom. The van der Waals surface area contributed by atoms with E-state index in [1.54, 1.807) is 0 Å². The molecule has 2 bridgehead atoms. The third-order valence-corrected chi connectivity index (χ3v) is 5.66. The summed E-state index contributed by atoms with van der Waals surface area (Å²) < 4.78 is 0. The molecule has 0 radical (unpaired) electrons. The van der Waals surface area contributed by atoms with Gasteiger partial charge < -0.3 is 10.6 Å². The number of fused-ring (bicyclic) bond motifs is 2. The van der Waals surface area contributed by atoms with Gasteiger partial charge in [-0.25, -0.2) is 0 Å². The molecule has 0 aromatic carbocycles. The van der Waals surface area contributed by atoms with Crippen molar-refractivity contribution in [3.05, 3.63) is 0 Å². The highest BCUT2D eigenvalue weighted by atomic mass is 16.2. The molecule has 2 saturated carbocycles. The maximum atomic E-state index is 12.3. The Kier molecular flexibility index (Phi) is 3.35. The van der Waals surface area contributed by atoms with E-state index >= 15 is 0 Å². The zero-order chi connectivity index (χ0) is 12.7. The Balaban J connectivity index is 1.54. The van der Waals surface area contributed by atoms with Crippen LogP contribution in [-0.2, 0) is 4.79 Å². The fraction of sp³-hybridized carbons (Fsp3) is 0.933. The first kappa shape index (κ1) is 12.5. The number of hydrogen-bond acceptors (Lipinski definition) is 2. The van der Waals surface area contributed by atoms with Gasteiger partial charge in [0, 0.05) is 12.6 Å². The van der Waals surface area contributed by atoms with Crippen LogP contribution < -0.4 is 10.6 Å². The normalized spacial score (nSPS) is 44.2. The molecule has 0 aromatic heterocycles. The van der Waals surface area contributed by atoms with Crippen LogP contribution in [0.15, 0.2) is 0 Å². The zero-order valence-electron chi connectivity index (χ0n) is 11.6. The van der Waals surface area contributed by atoms with Crippen LogP contribution in [0.25, 0.3) is 0 Å². The van der Waals surface area contributed by atoms with Crippen molar-refractivity contribution in [1.29, 1.82) is 0 Å². The minimum absolute atomic E-state index is 0.186. The highest BCUT2D eigenvalue weighted by Gasteiger charge is 2.42. The number of rotatable bonds is 3. The van der Waals surface area contributed by atoms with Crippen LogP contribution in [-0.4, -0.2) is 25.0 Å². The van der Waals surface area contributed by atoms with E-state index in [0.717, 1.165) is 30.8 Å². The van der Waals surface area contributed by atoms with E-state index in [-0.39, 0.29) is 11.8 Å². The Hall–Kier alpha value is -0.570. The largest absolute Gasteiger partial charge is 0.353 e. The molecule has 3 nitrogen and oxygen atoms in total. The lowest BCUT2D eigenvalue weighted by molar-refractivity contribution is -0.126. The smallest absolute Gasteiger partial charge is 0.224 e. The van der Waals surface area contributed by atoms with Gasteiger partial charge in [0.1, 0.15) is 0 Å². The molecule has 1 amide bonds. The van der Waals surface area contributed by atoms with Gasteiger partial charge in [-0.1, -0.05) is 13.3 Å². The summed E-state index contributed by atoms with van der Waals surface area (Å²) in [6, 6.07) is 0.376. The molecule has 1 saturated heterocycles. The first-order valence-corrected chi connectivity index (χ1v) is 7.66. The average molecular weight is 250 g/mol. The molecule has 3 heteroatoms. The molecule has 102 valence electrons. The molecule has 3 aliphatic rings. The standard InChI is InChI=1S/C15H26N2O/c1-9-7-16-8-14(9)15(18)17-10(2)13-6-11-3-4-12(13)5-11/h9-14,16H,3-8H2,1-2H3,(H,17,18). The van der Waals surface area contributed by atoms with E-state index in [2.05, 4.69) is 24.5 Å². The van der Waals surface area contributed by atoms with Gasteiger partial charge >= 0.3 is 0 Å². The van der Waals surface area contributed by atoms with Crippen molar-refractivity contribution in [3.63, 3.8) is 0 Å². The summed E-state index contributed by atoms with van der Waals surface area (Å²) in [7, 11) is 0. The summed E-state index contributed by atoms with van der Waals surface area (Å²) in [6.07, 6.45) is 5.61. The number of amides is 1. The SMILES string of the molecule is CC1CNCC1C(=O)NC(C)C1CC2CCC1C2. The number of carbonyl (C=O) groups excluding carboxylic acids is 1. The Morgan fingerprint density at radius 1 is 1.28 bits per heavy atom. The highest BCUT2D eigenvalue weighted by Crippen LogP contribution is 2.49. The minimum Gasteiger partial charge on any atom is -0.353 e. The van der Waals surface area contributed by atoms with E-state index in [9.17, 15) is 4.79 Å². The molecule has 2 N–H and O–H groups in total. The van der Waals surface area contributed by atoms with Gasteiger partial charge in [0.2, 0.25) is 5.91 Å². The van der Waals surface area contributed by atoms with Gasteiger partial charge in [-0.15, -0.1) is 0 Å². The lowest BCUT2D eigenvalue weighted by Gasteiger charge is -2.29. The Morgan fingerprint density at radius 3 is 2.67 bits per heavy atom. The molecule has 3 rings (SSSR count).